The third-order valence-electron chi connectivity index (χ3n) is 4.25. The number of nitrogens with one attached hydrogen (secondary N) is 1. The smallest absolute Gasteiger partial charge is 0.277 e. The fraction of sp³-hybridized carbons (Fsp3) is 0.118. The molecule has 3 aromatic rings. The summed E-state index contributed by atoms with van der Waals surface area (Å²) in [6.45, 7) is -0.229. The maximum Gasteiger partial charge on any atom is 0.282 e. The molecular formula is C17H12ClF2N3O2S. The minimum absolute atomic E-state index is 0.0299. The van der Waals surface area contributed by atoms with E-state index in [1.165, 1.54) is 24.3 Å². The van der Waals surface area contributed by atoms with Gasteiger partial charge in [0, 0.05) is 16.1 Å². The van der Waals surface area contributed by atoms with Crippen molar-refractivity contribution in [2.24, 2.45) is 0 Å². The van der Waals surface area contributed by atoms with Gasteiger partial charge in [-0.2, -0.15) is 5.10 Å². The van der Waals surface area contributed by atoms with E-state index in [9.17, 15) is 17.2 Å². The minimum atomic E-state index is -3.97. The third-order valence-corrected chi connectivity index (χ3v) is 6.28. The molecule has 2 aromatic carbocycles. The van der Waals surface area contributed by atoms with Gasteiger partial charge in [0.1, 0.15) is 5.69 Å². The van der Waals surface area contributed by atoms with E-state index in [-0.39, 0.29) is 17.0 Å². The lowest BCUT2D eigenvalue weighted by atomic mass is 10.00. The van der Waals surface area contributed by atoms with Gasteiger partial charge in [-0.05, 0) is 30.3 Å². The monoisotopic (exact) mass is 395 g/mol. The highest BCUT2D eigenvalue weighted by atomic mass is 35.5. The average molecular weight is 396 g/mol. The maximum atomic E-state index is 13.3. The molecular weight excluding hydrogens is 384 g/mol. The Balaban J connectivity index is 1.90. The van der Waals surface area contributed by atoms with Crippen LogP contribution in [-0.4, -0.2) is 18.6 Å². The predicted molar refractivity (Wildman–Crippen MR) is 93.8 cm³/mol. The topological polar surface area (TPSA) is 66.1 Å². The molecule has 2 heterocycles. The van der Waals surface area contributed by atoms with Crippen LogP contribution in [0.25, 0.3) is 11.3 Å². The number of sulfonamides is 1. The minimum Gasteiger partial charge on any atom is -0.277 e. The highest BCUT2D eigenvalue weighted by Crippen LogP contribution is 2.43. The van der Waals surface area contributed by atoms with E-state index in [4.69, 9.17) is 11.6 Å². The first kappa shape index (κ1) is 17.0. The molecule has 0 saturated heterocycles. The number of fused-ring (bicyclic) bond motifs is 3. The number of hydrogen-bond acceptors (Lipinski definition) is 3. The van der Waals surface area contributed by atoms with Crippen molar-refractivity contribution in [2.45, 2.75) is 17.9 Å². The first-order valence-electron chi connectivity index (χ1n) is 7.62. The van der Waals surface area contributed by atoms with Crippen molar-refractivity contribution in [1.29, 1.82) is 0 Å². The van der Waals surface area contributed by atoms with Crippen LogP contribution in [0.2, 0.25) is 5.02 Å². The Hall–Kier alpha value is -2.45. The van der Waals surface area contributed by atoms with Crippen LogP contribution in [0.3, 0.4) is 0 Å². The molecule has 0 fully saturated rings. The molecule has 0 unspecified atom stereocenters. The van der Waals surface area contributed by atoms with Gasteiger partial charge in [-0.25, -0.2) is 17.2 Å². The van der Waals surface area contributed by atoms with Gasteiger partial charge < -0.3 is 0 Å². The van der Waals surface area contributed by atoms with Crippen molar-refractivity contribution in [1.82, 2.24) is 10.2 Å². The fourth-order valence-corrected chi connectivity index (χ4v) is 4.60. The zero-order valence-corrected chi connectivity index (χ0v) is 14.7. The van der Waals surface area contributed by atoms with Crippen LogP contribution in [0.5, 0.6) is 0 Å². The summed E-state index contributed by atoms with van der Waals surface area (Å²) in [6.07, 6.45) is -2.81. The van der Waals surface area contributed by atoms with Crippen molar-refractivity contribution in [3.63, 3.8) is 0 Å². The lowest BCUT2D eigenvalue weighted by Gasteiger charge is -2.30. The summed E-state index contributed by atoms with van der Waals surface area (Å²) in [5.74, 6) is 0. The normalized spacial score (nSPS) is 13.6. The van der Waals surface area contributed by atoms with Crippen LogP contribution in [-0.2, 0) is 16.6 Å². The largest absolute Gasteiger partial charge is 0.282 e. The zero-order valence-electron chi connectivity index (χ0n) is 13.2. The SMILES string of the molecule is O=S(=O)(c1ccc(Cl)cc1)N1Cc2c(C(F)F)n[nH]c2-c2ccccc21. The van der Waals surface area contributed by atoms with E-state index < -0.39 is 22.1 Å². The quantitative estimate of drug-likeness (QED) is 0.715. The summed E-state index contributed by atoms with van der Waals surface area (Å²) in [4.78, 5) is 0.0299. The van der Waals surface area contributed by atoms with E-state index >= 15 is 0 Å². The summed E-state index contributed by atoms with van der Waals surface area (Å²) in [6, 6.07) is 12.4. The van der Waals surface area contributed by atoms with Gasteiger partial charge in [-0.3, -0.25) is 9.40 Å². The molecule has 26 heavy (non-hydrogen) atoms. The number of aromatic nitrogens is 2. The number of rotatable bonds is 3. The zero-order chi connectivity index (χ0) is 18.5. The second-order valence-electron chi connectivity index (χ2n) is 5.75. The van der Waals surface area contributed by atoms with E-state index in [1.54, 1.807) is 24.3 Å². The van der Waals surface area contributed by atoms with Crippen LogP contribution in [0, 0.1) is 0 Å². The summed E-state index contributed by atoms with van der Waals surface area (Å²) in [7, 11) is -3.97. The van der Waals surface area contributed by atoms with E-state index in [0.29, 0.717) is 22.0 Å². The highest BCUT2D eigenvalue weighted by Gasteiger charge is 2.35. The molecule has 0 saturated carbocycles. The molecule has 5 nitrogen and oxygen atoms in total. The van der Waals surface area contributed by atoms with Crippen LogP contribution in [0.1, 0.15) is 17.7 Å². The van der Waals surface area contributed by atoms with Gasteiger partial charge in [0.15, 0.2) is 0 Å². The molecule has 0 amide bonds. The van der Waals surface area contributed by atoms with E-state index in [0.717, 1.165) is 4.31 Å². The molecule has 4 rings (SSSR count). The predicted octanol–water partition coefficient (Wildman–Crippen LogP) is 4.38. The van der Waals surface area contributed by atoms with Gasteiger partial charge in [0.2, 0.25) is 0 Å². The number of para-hydroxylation sites is 1. The van der Waals surface area contributed by atoms with Crippen LogP contribution in [0.15, 0.2) is 53.4 Å². The summed E-state index contributed by atoms with van der Waals surface area (Å²) in [5.41, 5.74) is 1.06. The molecule has 1 N–H and O–H groups in total. The van der Waals surface area contributed by atoms with Crippen molar-refractivity contribution >= 4 is 27.3 Å². The molecule has 0 atom stereocenters. The van der Waals surface area contributed by atoms with Crippen molar-refractivity contribution in [3.05, 3.63) is 64.8 Å². The molecule has 9 heteroatoms. The van der Waals surface area contributed by atoms with Gasteiger partial charge in [-0.15, -0.1) is 0 Å². The number of benzene rings is 2. The Morgan fingerprint density at radius 2 is 1.81 bits per heavy atom. The van der Waals surface area contributed by atoms with Gasteiger partial charge in [0.25, 0.3) is 16.4 Å². The number of alkyl halides is 2. The molecule has 0 radical (unpaired) electrons. The Labute approximate surface area is 153 Å². The third kappa shape index (κ3) is 2.57. The molecule has 1 aliphatic heterocycles. The second kappa shape index (κ2) is 6.07. The second-order valence-corrected chi connectivity index (χ2v) is 8.04. The number of H-pyrrole nitrogens is 1. The highest BCUT2D eigenvalue weighted by molar-refractivity contribution is 7.92. The Bertz CT molecular complexity index is 1080. The molecule has 1 aliphatic rings. The van der Waals surface area contributed by atoms with Crippen molar-refractivity contribution < 1.29 is 17.2 Å². The average Bonchev–Trinajstić information content (AvgIpc) is 3.06. The summed E-state index contributed by atoms with van der Waals surface area (Å²) < 4.78 is 54.0. The molecule has 1 aromatic heterocycles. The molecule has 0 bridgehead atoms. The Morgan fingerprint density at radius 1 is 1.12 bits per heavy atom. The number of halogens is 3. The van der Waals surface area contributed by atoms with E-state index in [1.807, 2.05) is 0 Å². The number of aromatic amines is 1. The van der Waals surface area contributed by atoms with Gasteiger partial charge in [-0.1, -0.05) is 29.8 Å². The van der Waals surface area contributed by atoms with Crippen LogP contribution >= 0.6 is 11.6 Å². The standard InChI is InChI=1S/C17H12ClF2N3O2S/c18-10-5-7-11(8-6-10)26(24,25)23-9-13-15(21-22-16(13)17(19)20)12-3-1-2-4-14(12)23/h1-8,17H,9H2,(H,21,22). The van der Waals surface area contributed by atoms with Gasteiger partial charge >= 0.3 is 0 Å². The van der Waals surface area contributed by atoms with Gasteiger partial charge in [0.05, 0.1) is 22.8 Å². The lowest BCUT2D eigenvalue weighted by Crippen LogP contribution is -2.33. The fourth-order valence-electron chi connectivity index (χ4n) is 3.02. The molecule has 0 spiro atoms. The van der Waals surface area contributed by atoms with E-state index in [2.05, 4.69) is 10.2 Å². The number of anilines is 1. The van der Waals surface area contributed by atoms with Crippen LogP contribution in [0.4, 0.5) is 14.5 Å². The lowest BCUT2D eigenvalue weighted by molar-refractivity contribution is 0.145. The first-order valence-corrected chi connectivity index (χ1v) is 9.44. The number of hydrogen-bond donors (Lipinski definition) is 1. The van der Waals surface area contributed by atoms with Crippen LogP contribution < -0.4 is 4.31 Å². The van der Waals surface area contributed by atoms with Crippen molar-refractivity contribution in [2.75, 3.05) is 4.31 Å². The number of nitrogens with zero attached hydrogens (tertiary/aromatic N) is 2. The first-order chi connectivity index (χ1) is 12.4. The summed E-state index contributed by atoms with van der Waals surface area (Å²) >= 11 is 5.83. The molecule has 134 valence electrons. The Kier molecular flexibility index (Phi) is 3.96. The van der Waals surface area contributed by atoms with Crippen molar-refractivity contribution in [3.8, 4) is 11.3 Å². The summed E-state index contributed by atoms with van der Waals surface area (Å²) in [5, 5.41) is 6.70. The maximum absolute atomic E-state index is 13.3. The molecule has 0 aliphatic carbocycles. The Morgan fingerprint density at radius 3 is 2.50 bits per heavy atom.